The van der Waals surface area contributed by atoms with Gasteiger partial charge >= 0.3 is 6.03 Å². The molecule has 2 fully saturated rings. The molecular formula is C21H24N4O2. The first-order valence-corrected chi connectivity index (χ1v) is 9.33. The molecule has 3 heterocycles. The minimum Gasteiger partial charge on any atom is -0.334 e. The molecule has 0 saturated carbocycles. The van der Waals surface area contributed by atoms with Gasteiger partial charge in [0.05, 0.1) is 0 Å². The maximum absolute atomic E-state index is 12.6. The number of nitrogens with one attached hydrogen (secondary N) is 1. The molecular weight excluding hydrogens is 340 g/mol. The van der Waals surface area contributed by atoms with Gasteiger partial charge < -0.3 is 15.1 Å². The smallest absolute Gasteiger partial charge is 0.317 e. The number of urea groups is 1. The number of amides is 3. The number of anilines is 1. The number of aryl methyl sites for hydroxylation is 1. The molecule has 3 amide bonds. The Morgan fingerprint density at radius 3 is 2.93 bits per heavy atom. The SMILES string of the molecule is Cc1cccc(N2C[C@]3(CCN(C(=O)NCc4cccnc4)C3)CC2=O)c1. The molecule has 4 rings (SSSR count). The maximum Gasteiger partial charge on any atom is 0.317 e. The molecule has 6 heteroatoms. The van der Waals surface area contributed by atoms with Crippen LogP contribution in [-0.4, -0.2) is 41.5 Å². The summed E-state index contributed by atoms with van der Waals surface area (Å²) in [5, 5.41) is 2.96. The first-order valence-electron chi connectivity index (χ1n) is 9.33. The lowest BCUT2D eigenvalue weighted by atomic mass is 9.86. The Morgan fingerprint density at radius 2 is 2.15 bits per heavy atom. The summed E-state index contributed by atoms with van der Waals surface area (Å²) in [4.78, 5) is 32.9. The molecule has 0 bridgehead atoms. The second-order valence-electron chi connectivity index (χ2n) is 7.69. The van der Waals surface area contributed by atoms with Crippen LogP contribution in [0.4, 0.5) is 10.5 Å². The highest BCUT2D eigenvalue weighted by atomic mass is 16.2. The van der Waals surface area contributed by atoms with E-state index in [1.165, 1.54) is 0 Å². The average molecular weight is 364 g/mol. The fourth-order valence-corrected chi connectivity index (χ4v) is 4.10. The van der Waals surface area contributed by atoms with Crippen LogP contribution < -0.4 is 10.2 Å². The third-order valence-corrected chi connectivity index (χ3v) is 5.53. The van der Waals surface area contributed by atoms with Crippen molar-refractivity contribution in [1.82, 2.24) is 15.2 Å². The summed E-state index contributed by atoms with van der Waals surface area (Å²) in [5.74, 6) is 0.151. The maximum atomic E-state index is 12.6. The van der Waals surface area contributed by atoms with Crippen molar-refractivity contribution in [1.29, 1.82) is 0 Å². The Kier molecular flexibility index (Phi) is 4.56. The minimum atomic E-state index is -0.132. The predicted octanol–water partition coefficient (Wildman–Crippen LogP) is 2.73. The van der Waals surface area contributed by atoms with Crippen molar-refractivity contribution in [3.63, 3.8) is 0 Å². The van der Waals surface area contributed by atoms with Crippen molar-refractivity contribution in [2.75, 3.05) is 24.5 Å². The molecule has 1 spiro atoms. The van der Waals surface area contributed by atoms with Gasteiger partial charge in [0.25, 0.3) is 0 Å². The Morgan fingerprint density at radius 1 is 1.26 bits per heavy atom. The van der Waals surface area contributed by atoms with E-state index in [9.17, 15) is 9.59 Å². The zero-order chi connectivity index (χ0) is 18.9. The van der Waals surface area contributed by atoms with Gasteiger partial charge in [0.2, 0.25) is 5.91 Å². The number of carbonyl (C=O) groups is 2. The van der Waals surface area contributed by atoms with Gasteiger partial charge in [-0.1, -0.05) is 18.2 Å². The summed E-state index contributed by atoms with van der Waals surface area (Å²) in [5.41, 5.74) is 2.94. The molecule has 1 atom stereocenters. The zero-order valence-corrected chi connectivity index (χ0v) is 15.5. The van der Waals surface area contributed by atoms with Crippen LogP contribution in [-0.2, 0) is 11.3 Å². The summed E-state index contributed by atoms with van der Waals surface area (Å²) in [7, 11) is 0. The summed E-state index contributed by atoms with van der Waals surface area (Å²) < 4.78 is 0. The molecule has 140 valence electrons. The zero-order valence-electron chi connectivity index (χ0n) is 15.5. The molecule has 6 nitrogen and oxygen atoms in total. The van der Waals surface area contributed by atoms with Crippen molar-refractivity contribution in [3.8, 4) is 0 Å². The number of hydrogen-bond acceptors (Lipinski definition) is 3. The van der Waals surface area contributed by atoms with E-state index in [2.05, 4.69) is 10.3 Å². The number of nitrogens with zero attached hydrogens (tertiary/aromatic N) is 3. The molecule has 1 aromatic heterocycles. The van der Waals surface area contributed by atoms with Gasteiger partial charge in [0.15, 0.2) is 0 Å². The van der Waals surface area contributed by atoms with E-state index < -0.39 is 0 Å². The molecule has 2 aliphatic heterocycles. The second kappa shape index (κ2) is 7.02. The Hall–Kier alpha value is -2.89. The van der Waals surface area contributed by atoms with Crippen LogP contribution in [0.25, 0.3) is 0 Å². The topological polar surface area (TPSA) is 65.5 Å². The lowest BCUT2D eigenvalue weighted by Gasteiger charge is -2.24. The van der Waals surface area contributed by atoms with Crippen molar-refractivity contribution in [3.05, 3.63) is 59.9 Å². The van der Waals surface area contributed by atoms with Crippen molar-refractivity contribution in [2.24, 2.45) is 5.41 Å². The minimum absolute atomic E-state index is 0.0721. The summed E-state index contributed by atoms with van der Waals surface area (Å²) in [6.45, 7) is 4.49. The molecule has 2 saturated heterocycles. The largest absolute Gasteiger partial charge is 0.334 e. The number of aromatic nitrogens is 1. The van der Waals surface area contributed by atoms with Crippen LogP contribution >= 0.6 is 0 Å². The van der Waals surface area contributed by atoms with Gasteiger partial charge in [-0.25, -0.2) is 4.79 Å². The van der Waals surface area contributed by atoms with Crippen LogP contribution in [0.1, 0.15) is 24.0 Å². The van der Waals surface area contributed by atoms with Gasteiger partial charge in [0, 0.05) is 56.1 Å². The highest BCUT2D eigenvalue weighted by molar-refractivity contribution is 5.96. The van der Waals surface area contributed by atoms with Gasteiger partial charge in [-0.05, 0) is 42.7 Å². The van der Waals surface area contributed by atoms with E-state index >= 15 is 0 Å². The van der Waals surface area contributed by atoms with Crippen LogP contribution in [0.5, 0.6) is 0 Å². The van der Waals surface area contributed by atoms with E-state index in [0.717, 1.165) is 23.2 Å². The van der Waals surface area contributed by atoms with Crippen LogP contribution in [0.15, 0.2) is 48.8 Å². The van der Waals surface area contributed by atoms with E-state index in [0.29, 0.717) is 32.6 Å². The predicted molar refractivity (Wildman–Crippen MR) is 103 cm³/mol. The van der Waals surface area contributed by atoms with E-state index in [4.69, 9.17) is 0 Å². The second-order valence-corrected chi connectivity index (χ2v) is 7.69. The van der Waals surface area contributed by atoms with Crippen molar-refractivity contribution < 1.29 is 9.59 Å². The van der Waals surface area contributed by atoms with Gasteiger partial charge in [-0.3, -0.25) is 9.78 Å². The molecule has 1 aromatic carbocycles. The number of likely N-dealkylation sites (tertiary alicyclic amines) is 1. The highest BCUT2D eigenvalue weighted by Gasteiger charge is 2.48. The lowest BCUT2D eigenvalue weighted by molar-refractivity contribution is -0.117. The average Bonchev–Trinajstić information content (AvgIpc) is 3.23. The number of pyridine rings is 1. The molecule has 0 aliphatic carbocycles. The molecule has 27 heavy (non-hydrogen) atoms. The molecule has 1 N–H and O–H groups in total. The summed E-state index contributed by atoms with van der Waals surface area (Å²) in [6, 6.07) is 11.8. The standard InChI is InChI=1S/C21H24N4O2/c1-16-4-2-6-18(10-16)25-15-21(11-19(25)26)7-9-24(14-21)20(27)23-13-17-5-3-8-22-12-17/h2-6,8,10,12H,7,9,11,13-15H2,1H3,(H,23,27)/t21-/m1/s1. The quantitative estimate of drug-likeness (QED) is 0.911. The summed E-state index contributed by atoms with van der Waals surface area (Å²) in [6.07, 6.45) is 4.84. The Bertz CT molecular complexity index is 854. The normalized spacial score (nSPS) is 21.9. The fraction of sp³-hybridized carbons (Fsp3) is 0.381. The van der Waals surface area contributed by atoms with Gasteiger partial charge in [-0.15, -0.1) is 0 Å². The molecule has 0 unspecified atom stereocenters. The van der Waals surface area contributed by atoms with Gasteiger partial charge in [0.1, 0.15) is 0 Å². The Balaban J connectivity index is 1.38. The number of rotatable bonds is 3. The highest BCUT2D eigenvalue weighted by Crippen LogP contribution is 2.41. The van der Waals surface area contributed by atoms with E-state index in [-0.39, 0.29) is 17.4 Å². The van der Waals surface area contributed by atoms with Crippen molar-refractivity contribution >= 4 is 17.6 Å². The molecule has 2 aromatic rings. The van der Waals surface area contributed by atoms with Crippen molar-refractivity contribution in [2.45, 2.75) is 26.3 Å². The van der Waals surface area contributed by atoms with E-state index in [1.54, 1.807) is 12.4 Å². The third-order valence-electron chi connectivity index (χ3n) is 5.53. The third kappa shape index (κ3) is 3.65. The van der Waals surface area contributed by atoms with Crippen LogP contribution in [0.2, 0.25) is 0 Å². The molecule has 0 radical (unpaired) electrons. The first kappa shape index (κ1) is 17.5. The Labute approximate surface area is 159 Å². The number of carbonyl (C=O) groups excluding carboxylic acids is 2. The monoisotopic (exact) mass is 364 g/mol. The fourth-order valence-electron chi connectivity index (χ4n) is 4.10. The van der Waals surface area contributed by atoms with E-state index in [1.807, 2.05) is 53.1 Å². The number of hydrogen-bond donors (Lipinski definition) is 1. The lowest BCUT2D eigenvalue weighted by Crippen LogP contribution is -2.40. The first-order chi connectivity index (χ1) is 13.0. The van der Waals surface area contributed by atoms with Gasteiger partial charge in [-0.2, -0.15) is 0 Å². The molecule has 2 aliphatic rings. The van der Waals surface area contributed by atoms with Crippen LogP contribution in [0.3, 0.4) is 0 Å². The summed E-state index contributed by atoms with van der Waals surface area (Å²) >= 11 is 0. The van der Waals surface area contributed by atoms with Crippen LogP contribution in [0, 0.1) is 12.3 Å². The number of benzene rings is 1.